The quantitative estimate of drug-likeness (QED) is 0.662. The van der Waals surface area contributed by atoms with E-state index in [4.69, 9.17) is 0 Å². The van der Waals surface area contributed by atoms with Gasteiger partial charge in [-0.3, -0.25) is 0 Å². The van der Waals surface area contributed by atoms with E-state index in [0.717, 1.165) is 41.9 Å². The van der Waals surface area contributed by atoms with Crippen LogP contribution < -0.4 is 4.90 Å². The Labute approximate surface area is 177 Å². The number of pyridine rings is 1. The van der Waals surface area contributed by atoms with E-state index in [2.05, 4.69) is 49.4 Å². The van der Waals surface area contributed by atoms with Gasteiger partial charge in [0.15, 0.2) is 5.82 Å². The van der Waals surface area contributed by atoms with Crippen molar-refractivity contribution in [3.8, 4) is 11.3 Å². The van der Waals surface area contributed by atoms with Crippen LogP contribution in [-0.4, -0.2) is 56.7 Å². The second kappa shape index (κ2) is 7.34. The molecular weight excluding hydrogens is 372 g/mol. The number of nitrogens with zero attached hydrogens (tertiary/aromatic N) is 6. The number of imidazole rings is 1. The average Bonchev–Trinajstić information content (AvgIpc) is 3.23. The number of hydrogen-bond donors (Lipinski definition) is 0. The number of aromatic nitrogens is 4. The number of rotatable bonds is 3. The first-order valence-electron chi connectivity index (χ1n) is 11.5. The fraction of sp³-hybridized carbons (Fsp3) is 0.542. The van der Waals surface area contributed by atoms with E-state index in [-0.39, 0.29) is 0 Å². The molecule has 1 spiro atoms. The van der Waals surface area contributed by atoms with Gasteiger partial charge in [-0.05, 0) is 81.3 Å². The van der Waals surface area contributed by atoms with Crippen LogP contribution in [0.25, 0.3) is 16.9 Å². The predicted molar refractivity (Wildman–Crippen MR) is 119 cm³/mol. The maximum atomic E-state index is 4.58. The molecule has 0 amide bonds. The monoisotopic (exact) mass is 402 g/mol. The van der Waals surface area contributed by atoms with Crippen molar-refractivity contribution in [2.75, 3.05) is 31.1 Å². The van der Waals surface area contributed by atoms with E-state index < -0.39 is 0 Å². The molecule has 3 fully saturated rings. The summed E-state index contributed by atoms with van der Waals surface area (Å²) in [7, 11) is 0. The number of piperidine rings is 2. The molecule has 0 unspecified atom stereocenters. The van der Waals surface area contributed by atoms with Crippen LogP contribution in [0.2, 0.25) is 0 Å². The second-order valence-corrected chi connectivity index (χ2v) is 9.50. The second-order valence-electron chi connectivity index (χ2n) is 9.50. The molecule has 6 heteroatoms. The summed E-state index contributed by atoms with van der Waals surface area (Å²) in [6, 6.07) is 9.22. The number of likely N-dealkylation sites (tertiary alicyclic amines) is 1. The van der Waals surface area contributed by atoms with Crippen molar-refractivity contribution in [3.63, 3.8) is 0 Å². The van der Waals surface area contributed by atoms with E-state index in [1.807, 2.05) is 22.9 Å². The van der Waals surface area contributed by atoms with E-state index >= 15 is 0 Å². The SMILES string of the molecule is c1cn2cc(-c3ccc(N4CCC5(CC4)CCN(C4CCC4)CC5)nn3)ccc2n1. The summed E-state index contributed by atoms with van der Waals surface area (Å²) in [5, 5.41) is 9.11. The molecule has 30 heavy (non-hydrogen) atoms. The van der Waals surface area contributed by atoms with Gasteiger partial charge in [-0.15, -0.1) is 10.2 Å². The maximum Gasteiger partial charge on any atom is 0.151 e. The van der Waals surface area contributed by atoms with Crippen LogP contribution in [0.3, 0.4) is 0 Å². The van der Waals surface area contributed by atoms with Gasteiger partial charge in [0.1, 0.15) is 5.65 Å². The number of hydrogen-bond acceptors (Lipinski definition) is 5. The van der Waals surface area contributed by atoms with Gasteiger partial charge in [0.2, 0.25) is 0 Å². The Morgan fingerprint density at radius 2 is 1.67 bits per heavy atom. The van der Waals surface area contributed by atoms with Gasteiger partial charge in [0.25, 0.3) is 0 Å². The highest BCUT2D eigenvalue weighted by Gasteiger charge is 2.39. The van der Waals surface area contributed by atoms with Gasteiger partial charge in [0.05, 0.1) is 5.69 Å². The van der Waals surface area contributed by atoms with Gasteiger partial charge >= 0.3 is 0 Å². The minimum Gasteiger partial charge on any atom is -0.355 e. The van der Waals surface area contributed by atoms with Gasteiger partial charge in [-0.1, -0.05) is 6.42 Å². The lowest BCUT2D eigenvalue weighted by Gasteiger charge is -2.50. The zero-order valence-electron chi connectivity index (χ0n) is 17.6. The van der Waals surface area contributed by atoms with Crippen molar-refractivity contribution >= 4 is 11.5 Å². The molecule has 0 radical (unpaired) electrons. The molecule has 2 aliphatic heterocycles. The van der Waals surface area contributed by atoms with E-state index in [0.29, 0.717) is 5.41 Å². The fourth-order valence-corrected chi connectivity index (χ4v) is 5.54. The maximum absolute atomic E-state index is 4.58. The smallest absolute Gasteiger partial charge is 0.151 e. The molecule has 0 atom stereocenters. The van der Waals surface area contributed by atoms with Crippen LogP contribution in [0.4, 0.5) is 5.82 Å². The summed E-state index contributed by atoms with van der Waals surface area (Å²) >= 11 is 0. The molecule has 3 aliphatic rings. The minimum atomic E-state index is 0.574. The van der Waals surface area contributed by atoms with Crippen LogP contribution >= 0.6 is 0 Å². The molecule has 6 rings (SSSR count). The number of fused-ring (bicyclic) bond motifs is 1. The topological polar surface area (TPSA) is 49.6 Å². The fourth-order valence-electron chi connectivity index (χ4n) is 5.54. The molecule has 1 aliphatic carbocycles. The molecule has 0 bridgehead atoms. The van der Waals surface area contributed by atoms with Gasteiger partial charge in [-0.25, -0.2) is 4.98 Å². The van der Waals surface area contributed by atoms with Crippen LogP contribution in [0.15, 0.2) is 42.9 Å². The summed E-state index contributed by atoms with van der Waals surface area (Å²) in [5.41, 5.74) is 3.50. The molecule has 5 heterocycles. The highest BCUT2D eigenvalue weighted by molar-refractivity contribution is 5.61. The lowest BCUT2D eigenvalue weighted by molar-refractivity contribution is 0.0305. The van der Waals surface area contributed by atoms with E-state index in [1.54, 1.807) is 0 Å². The van der Waals surface area contributed by atoms with Crippen LogP contribution in [0.5, 0.6) is 0 Å². The Kier molecular flexibility index (Phi) is 4.48. The minimum absolute atomic E-state index is 0.574. The molecule has 0 aromatic carbocycles. The standard InChI is InChI=1S/C24H30N6/c1-2-20(3-1)28-13-8-24(9-14-28)10-15-29(16-11-24)23-7-5-21(26-27-23)19-4-6-22-25-12-17-30(22)18-19/h4-7,12,17-18,20H,1-3,8-11,13-16H2. The zero-order chi connectivity index (χ0) is 20.0. The largest absolute Gasteiger partial charge is 0.355 e. The van der Waals surface area contributed by atoms with Crippen molar-refractivity contribution in [2.45, 2.75) is 51.0 Å². The van der Waals surface area contributed by atoms with Crippen molar-refractivity contribution in [1.29, 1.82) is 0 Å². The molecule has 156 valence electrons. The van der Waals surface area contributed by atoms with E-state index in [9.17, 15) is 0 Å². The average molecular weight is 403 g/mol. The molecular formula is C24H30N6. The first kappa shape index (κ1) is 18.3. The van der Waals surface area contributed by atoms with Gasteiger partial charge in [-0.2, -0.15) is 0 Å². The Bertz CT molecular complexity index is 1000. The first-order valence-corrected chi connectivity index (χ1v) is 11.5. The molecule has 3 aromatic rings. The molecule has 3 aromatic heterocycles. The Hall–Kier alpha value is -2.47. The third kappa shape index (κ3) is 3.27. The van der Waals surface area contributed by atoms with Gasteiger partial charge in [0, 0.05) is 43.3 Å². The molecule has 6 nitrogen and oxygen atoms in total. The normalized spacial score (nSPS) is 22.5. The number of anilines is 1. The highest BCUT2D eigenvalue weighted by atomic mass is 15.3. The summed E-state index contributed by atoms with van der Waals surface area (Å²) in [5.74, 6) is 1.02. The van der Waals surface area contributed by atoms with Crippen LogP contribution in [-0.2, 0) is 0 Å². The lowest BCUT2D eigenvalue weighted by Crippen LogP contribution is -2.51. The van der Waals surface area contributed by atoms with Crippen molar-refractivity contribution in [3.05, 3.63) is 42.9 Å². The van der Waals surface area contributed by atoms with Crippen LogP contribution in [0.1, 0.15) is 44.9 Å². The van der Waals surface area contributed by atoms with Crippen molar-refractivity contribution in [2.24, 2.45) is 5.41 Å². The predicted octanol–water partition coefficient (Wildman–Crippen LogP) is 4.03. The Morgan fingerprint density at radius 3 is 2.37 bits per heavy atom. The summed E-state index contributed by atoms with van der Waals surface area (Å²) in [4.78, 5) is 9.50. The van der Waals surface area contributed by atoms with Crippen molar-refractivity contribution in [1.82, 2.24) is 24.5 Å². The van der Waals surface area contributed by atoms with E-state index in [1.165, 1.54) is 58.0 Å². The Balaban J connectivity index is 1.09. The van der Waals surface area contributed by atoms with Gasteiger partial charge < -0.3 is 14.2 Å². The molecule has 2 saturated heterocycles. The van der Waals surface area contributed by atoms with Crippen molar-refractivity contribution < 1.29 is 0 Å². The Morgan fingerprint density at radius 1 is 0.867 bits per heavy atom. The van der Waals surface area contributed by atoms with Crippen LogP contribution in [0, 0.1) is 5.41 Å². The summed E-state index contributed by atoms with van der Waals surface area (Å²) in [6.45, 7) is 4.86. The lowest BCUT2D eigenvalue weighted by atomic mass is 9.70. The summed E-state index contributed by atoms with van der Waals surface area (Å²) < 4.78 is 2.02. The zero-order valence-corrected chi connectivity index (χ0v) is 17.6. The first-order chi connectivity index (χ1) is 14.8. The molecule has 0 N–H and O–H groups in total. The third-order valence-corrected chi connectivity index (χ3v) is 7.93. The molecule has 1 saturated carbocycles. The third-order valence-electron chi connectivity index (χ3n) is 7.93. The summed E-state index contributed by atoms with van der Waals surface area (Å²) in [6.07, 6.45) is 15.5. The highest BCUT2D eigenvalue weighted by Crippen LogP contribution is 2.43.